The van der Waals surface area contributed by atoms with E-state index in [2.05, 4.69) is 30.4 Å². The van der Waals surface area contributed by atoms with Crippen LogP contribution in [-0.2, 0) is 0 Å². The van der Waals surface area contributed by atoms with E-state index in [1.54, 1.807) is 7.11 Å². The molecule has 20 heavy (non-hydrogen) atoms. The van der Waals surface area contributed by atoms with Crippen LogP contribution < -0.4 is 9.47 Å². The van der Waals surface area contributed by atoms with E-state index in [4.69, 9.17) is 9.47 Å². The summed E-state index contributed by atoms with van der Waals surface area (Å²) in [6.07, 6.45) is 4.23. The van der Waals surface area contributed by atoms with E-state index in [-0.39, 0.29) is 5.60 Å². The number of ether oxygens (including phenoxy) is 2. The fraction of sp³-hybridized carbons (Fsp3) is 0.222. The Morgan fingerprint density at radius 1 is 1.05 bits per heavy atom. The number of hydrogen-bond donors (Lipinski definition) is 0. The summed E-state index contributed by atoms with van der Waals surface area (Å²) in [4.78, 5) is 0. The van der Waals surface area contributed by atoms with Crippen molar-refractivity contribution in [2.75, 3.05) is 7.11 Å². The molecule has 2 nitrogen and oxygen atoms in total. The Kier molecular flexibility index (Phi) is 3.01. The SMILES string of the molecule is COc1cc2c(c(-c3ccccc3)c1)C=CC(C)(C)O2. The van der Waals surface area contributed by atoms with Crippen LogP contribution in [0.2, 0.25) is 0 Å². The third kappa shape index (κ3) is 2.29. The predicted molar refractivity (Wildman–Crippen MR) is 82.2 cm³/mol. The van der Waals surface area contributed by atoms with E-state index < -0.39 is 0 Å². The molecule has 1 heterocycles. The lowest BCUT2D eigenvalue weighted by Gasteiger charge is -2.29. The van der Waals surface area contributed by atoms with Crippen molar-refractivity contribution in [2.45, 2.75) is 19.4 Å². The van der Waals surface area contributed by atoms with Gasteiger partial charge >= 0.3 is 0 Å². The summed E-state index contributed by atoms with van der Waals surface area (Å²) in [6, 6.07) is 14.3. The van der Waals surface area contributed by atoms with Gasteiger partial charge in [-0.1, -0.05) is 36.4 Å². The standard InChI is InChI=1S/C18H18O2/c1-18(2)10-9-15-16(13-7-5-4-6-8-13)11-14(19-3)12-17(15)20-18/h4-12H,1-3H3. The molecule has 0 N–H and O–H groups in total. The zero-order chi connectivity index (χ0) is 14.2. The first-order valence-corrected chi connectivity index (χ1v) is 6.75. The number of fused-ring (bicyclic) bond motifs is 1. The van der Waals surface area contributed by atoms with Gasteiger partial charge < -0.3 is 9.47 Å². The van der Waals surface area contributed by atoms with Crippen molar-refractivity contribution >= 4 is 6.08 Å². The van der Waals surface area contributed by atoms with Crippen LogP contribution in [0.15, 0.2) is 48.5 Å². The highest BCUT2D eigenvalue weighted by Crippen LogP contribution is 2.40. The molecule has 0 aliphatic carbocycles. The van der Waals surface area contributed by atoms with Gasteiger partial charge in [-0.3, -0.25) is 0 Å². The van der Waals surface area contributed by atoms with Crippen LogP contribution in [0, 0.1) is 0 Å². The zero-order valence-corrected chi connectivity index (χ0v) is 12.0. The molecule has 0 saturated heterocycles. The molecule has 0 atom stereocenters. The molecule has 1 aliphatic rings. The van der Waals surface area contributed by atoms with Crippen LogP contribution in [0.1, 0.15) is 19.4 Å². The van der Waals surface area contributed by atoms with Crippen molar-refractivity contribution < 1.29 is 9.47 Å². The second-order valence-corrected chi connectivity index (χ2v) is 5.49. The summed E-state index contributed by atoms with van der Waals surface area (Å²) < 4.78 is 11.5. The van der Waals surface area contributed by atoms with E-state index in [1.807, 2.05) is 38.1 Å². The second-order valence-electron chi connectivity index (χ2n) is 5.49. The maximum atomic E-state index is 6.06. The van der Waals surface area contributed by atoms with Crippen molar-refractivity contribution in [2.24, 2.45) is 0 Å². The van der Waals surface area contributed by atoms with Crippen molar-refractivity contribution in [1.29, 1.82) is 0 Å². The molecular weight excluding hydrogens is 248 g/mol. The first-order chi connectivity index (χ1) is 9.59. The molecular formula is C18H18O2. The molecule has 102 valence electrons. The molecule has 1 aliphatic heterocycles. The lowest BCUT2D eigenvalue weighted by molar-refractivity contribution is 0.158. The fourth-order valence-electron chi connectivity index (χ4n) is 2.43. The zero-order valence-electron chi connectivity index (χ0n) is 12.0. The average molecular weight is 266 g/mol. The van der Waals surface area contributed by atoms with Crippen LogP contribution in [0.4, 0.5) is 0 Å². The van der Waals surface area contributed by atoms with E-state index in [9.17, 15) is 0 Å². The molecule has 0 unspecified atom stereocenters. The molecule has 2 heteroatoms. The van der Waals surface area contributed by atoms with Gasteiger partial charge in [-0.15, -0.1) is 0 Å². The van der Waals surface area contributed by atoms with E-state index in [0.29, 0.717) is 0 Å². The summed E-state index contributed by atoms with van der Waals surface area (Å²) in [6.45, 7) is 4.10. The monoisotopic (exact) mass is 266 g/mol. The van der Waals surface area contributed by atoms with Crippen molar-refractivity contribution in [3.8, 4) is 22.6 Å². The molecule has 0 bridgehead atoms. The molecule has 0 saturated carbocycles. The van der Waals surface area contributed by atoms with Gasteiger partial charge in [0.2, 0.25) is 0 Å². The molecule has 3 rings (SSSR count). The van der Waals surface area contributed by atoms with Gasteiger partial charge in [-0.05, 0) is 37.1 Å². The summed E-state index contributed by atoms with van der Waals surface area (Å²) in [5, 5.41) is 0. The minimum absolute atomic E-state index is 0.284. The summed E-state index contributed by atoms with van der Waals surface area (Å²) >= 11 is 0. The Morgan fingerprint density at radius 3 is 2.50 bits per heavy atom. The average Bonchev–Trinajstić information content (AvgIpc) is 2.45. The van der Waals surface area contributed by atoms with Gasteiger partial charge in [0.1, 0.15) is 17.1 Å². The van der Waals surface area contributed by atoms with Gasteiger partial charge in [-0.2, -0.15) is 0 Å². The summed E-state index contributed by atoms with van der Waals surface area (Å²) in [7, 11) is 1.68. The number of benzene rings is 2. The number of methoxy groups -OCH3 is 1. The smallest absolute Gasteiger partial charge is 0.132 e. The molecule has 0 fully saturated rings. The third-order valence-electron chi connectivity index (χ3n) is 3.46. The maximum Gasteiger partial charge on any atom is 0.132 e. The first-order valence-electron chi connectivity index (χ1n) is 6.75. The minimum atomic E-state index is -0.284. The first kappa shape index (κ1) is 12.8. The maximum absolute atomic E-state index is 6.06. The van der Waals surface area contributed by atoms with Crippen molar-refractivity contribution in [1.82, 2.24) is 0 Å². The summed E-state index contributed by atoms with van der Waals surface area (Å²) in [5.74, 6) is 1.68. The Labute approximate surface area is 119 Å². The molecule has 2 aromatic carbocycles. The largest absolute Gasteiger partial charge is 0.497 e. The Balaban J connectivity index is 2.20. The van der Waals surface area contributed by atoms with Crippen molar-refractivity contribution in [3.63, 3.8) is 0 Å². The van der Waals surface area contributed by atoms with Gasteiger partial charge in [0.15, 0.2) is 0 Å². The van der Waals surface area contributed by atoms with E-state index in [1.165, 1.54) is 0 Å². The van der Waals surface area contributed by atoms with Crippen LogP contribution in [0.3, 0.4) is 0 Å². The fourth-order valence-corrected chi connectivity index (χ4v) is 2.43. The second kappa shape index (κ2) is 4.71. The van der Waals surface area contributed by atoms with Crippen LogP contribution >= 0.6 is 0 Å². The molecule has 0 aromatic heterocycles. The molecule has 2 aromatic rings. The predicted octanol–water partition coefficient (Wildman–Crippen LogP) is 4.55. The summed E-state index contributed by atoms with van der Waals surface area (Å²) in [5.41, 5.74) is 3.12. The highest BCUT2D eigenvalue weighted by Gasteiger charge is 2.24. The van der Waals surface area contributed by atoms with Gasteiger partial charge in [-0.25, -0.2) is 0 Å². The highest BCUT2D eigenvalue weighted by molar-refractivity contribution is 5.81. The van der Waals surface area contributed by atoms with Crippen LogP contribution in [-0.4, -0.2) is 12.7 Å². The number of hydrogen-bond acceptors (Lipinski definition) is 2. The van der Waals surface area contributed by atoms with Gasteiger partial charge in [0.25, 0.3) is 0 Å². The lowest BCUT2D eigenvalue weighted by atomic mass is 9.94. The third-order valence-corrected chi connectivity index (χ3v) is 3.46. The molecule has 0 amide bonds. The minimum Gasteiger partial charge on any atom is -0.497 e. The molecule has 0 spiro atoms. The number of rotatable bonds is 2. The molecule has 0 radical (unpaired) electrons. The quantitative estimate of drug-likeness (QED) is 0.794. The van der Waals surface area contributed by atoms with Crippen LogP contribution in [0.25, 0.3) is 17.2 Å². The Hall–Kier alpha value is -2.22. The van der Waals surface area contributed by atoms with E-state index >= 15 is 0 Å². The Morgan fingerprint density at radius 2 is 1.80 bits per heavy atom. The topological polar surface area (TPSA) is 18.5 Å². The Bertz CT molecular complexity index is 655. The van der Waals surface area contributed by atoms with Crippen LogP contribution in [0.5, 0.6) is 11.5 Å². The normalized spacial score (nSPS) is 15.3. The van der Waals surface area contributed by atoms with Gasteiger partial charge in [0, 0.05) is 11.6 Å². The van der Waals surface area contributed by atoms with Gasteiger partial charge in [0.05, 0.1) is 7.11 Å². The highest BCUT2D eigenvalue weighted by atomic mass is 16.5. The van der Waals surface area contributed by atoms with E-state index in [0.717, 1.165) is 28.2 Å². The lowest BCUT2D eigenvalue weighted by Crippen LogP contribution is -2.27. The van der Waals surface area contributed by atoms with Crippen molar-refractivity contribution in [3.05, 3.63) is 54.1 Å².